The Hall–Kier alpha value is -5.82. The van der Waals surface area contributed by atoms with Crippen LogP contribution in [0, 0.1) is 5.82 Å². The number of halogens is 1. The Balaban J connectivity index is 0.873. The molecule has 4 aromatic heterocycles. The van der Waals surface area contributed by atoms with Gasteiger partial charge in [0, 0.05) is 81.3 Å². The van der Waals surface area contributed by atoms with Gasteiger partial charge in [-0.25, -0.2) is 27.8 Å². The van der Waals surface area contributed by atoms with Crippen LogP contribution in [-0.4, -0.2) is 107 Å². The zero-order chi connectivity index (χ0) is 38.9. The number of imide groups is 1. The number of hydrogen-bond donors (Lipinski definition) is 2. The molecule has 9 rings (SSSR count). The summed E-state index contributed by atoms with van der Waals surface area (Å²) in [6.45, 7) is 7.30. The minimum atomic E-state index is -3.51. The fourth-order valence-corrected chi connectivity index (χ4v) is 9.09. The van der Waals surface area contributed by atoms with Crippen LogP contribution in [-0.2, 0) is 32.7 Å². The molecule has 0 bridgehead atoms. The maximum absolute atomic E-state index is 15.4. The molecule has 5 aromatic rings. The van der Waals surface area contributed by atoms with Crippen molar-refractivity contribution in [2.75, 3.05) is 36.4 Å². The first-order chi connectivity index (χ1) is 26.9. The molecule has 2 N–H and O–H groups in total. The first-order valence-electron chi connectivity index (χ1n) is 18.6. The third-order valence-electron chi connectivity index (χ3n) is 10.8. The maximum Gasteiger partial charge on any atom is 0.256 e. The van der Waals surface area contributed by atoms with Crippen LogP contribution in [0.15, 0.2) is 49.1 Å². The number of nitrogens with one attached hydrogen (secondary N) is 2. The van der Waals surface area contributed by atoms with E-state index in [2.05, 4.69) is 54.3 Å². The summed E-state index contributed by atoms with van der Waals surface area (Å²) in [5.74, 6) is 0.450. The van der Waals surface area contributed by atoms with Gasteiger partial charge in [0.25, 0.3) is 15.9 Å². The van der Waals surface area contributed by atoms with Gasteiger partial charge in [0.2, 0.25) is 11.8 Å². The average Bonchev–Trinajstić information content (AvgIpc) is 3.68. The molecule has 0 radical (unpaired) electrons. The lowest BCUT2D eigenvalue weighted by atomic mass is 10.0. The Morgan fingerprint density at radius 3 is 2.55 bits per heavy atom. The second kappa shape index (κ2) is 13.7. The monoisotopic (exact) mass is 782 g/mol. The van der Waals surface area contributed by atoms with E-state index in [0.717, 1.165) is 20.8 Å². The van der Waals surface area contributed by atoms with Crippen LogP contribution in [0.25, 0.3) is 22.3 Å². The van der Waals surface area contributed by atoms with E-state index in [1.54, 1.807) is 24.5 Å². The smallest absolute Gasteiger partial charge is 0.256 e. The summed E-state index contributed by atoms with van der Waals surface area (Å²) in [5.41, 5.74) is 2.79. The highest BCUT2D eigenvalue weighted by molar-refractivity contribution is 7.90. The second-order valence-corrected chi connectivity index (χ2v) is 17.0. The standard InChI is InChI=1S/C37H39FN12O5S/c1-21(2)50-30-15-32(42-31-7-8-39-34(43-31)24-16-41-49(20-24)56(54,55)25-3-4-25)40-17-27(30)35(45-50)47-11-9-46(10-12-47)18-23-13-22-19-48(37(53)26(22)14-28(23)38)29-5-6-33(51)44-36(29)52/h7-8,13-17,20-21,25,29H,3-6,9-12,18-19H2,1-2H3,(H,44,51,52)(H,39,40,42,43). The summed E-state index contributed by atoms with van der Waals surface area (Å²) >= 11 is 0. The summed E-state index contributed by atoms with van der Waals surface area (Å²) in [4.78, 5) is 56.6. The van der Waals surface area contributed by atoms with Gasteiger partial charge in [-0.2, -0.15) is 14.3 Å². The lowest BCUT2D eigenvalue weighted by Crippen LogP contribution is -2.52. The van der Waals surface area contributed by atoms with Crippen LogP contribution in [0.4, 0.5) is 21.8 Å². The molecular weight excluding hydrogens is 744 g/mol. The number of piperidine rings is 1. The van der Waals surface area contributed by atoms with Crippen molar-refractivity contribution in [3.63, 3.8) is 0 Å². The predicted octanol–water partition coefficient (Wildman–Crippen LogP) is 2.97. The summed E-state index contributed by atoms with van der Waals surface area (Å²) in [6.07, 6.45) is 7.95. The highest BCUT2D eigenvalue weighted by Crippen LogP contribution is 2.34. The van der Waals surface area contributed by atoms with Gasteiger partial charge in [-0.3, -0.25) is 29.3 Å². The molecule has 4 aliphatic rings. The van der Waals surface area contributed by atoms with Crippen molar-refractivity contribution in [3.8, 4) is 11.4 Å². The van der Waals surface area contributed by atoms with E-state index in [4.69, 9.17) is 5.10 Å². The predicted molar refractivity (Wildman–Crippen MR) is 202 cm³/mol. The Kier molecular flexibility index (Phi) is 8.79. The van der Waals surface area contributed by atoms with E-state index in [1.165, 1.54) is 23.4 Å². The molecule has 7 heterocycles. The van der Waals surface area contributed by atoms with Gasteiger partial charge in [-0.1, -0.05) is 0 Å². The van der Waals surface area contributed by atoms with Gasteiger partial charge in [-0.05, 0) is 56.9 Å². The number of aromatic nitrogens is 7. The quantitative estimate of drug-likeness (QED) is 0.197. The number of hydrogen-bond acceptors (Lipinski definition) is 13. The van der Waals surface area contributed by atoms with E-state index in [0.29, 0.717) is 79.7 Å². The lowest BCUT2D eigenvalue weighted by molar-refractivity contribution is -0.136. The van der Waals surface area contributed by atoms with Gasteiger partial charge in [0.15, 0.2) is 11.6 Å². The Labute approximate surface area is 320 Å². The third kappa shape index (κ3) is 6.53. The molecule has 2 saturated heterocycles. The van der Waals surface area contributed by atoms with Crippen molar-refractivity contribution >= 4 is 56.1 Å². The molecule has 3 aliphatic heterocycles. The minimum absolute atomic E-state index is 0.0532. The van der Waals surface area contributed by atoms with E-state index in [1.807, 2.05) is 10.7 Å². The fourth-order valence-electron chi connectivity index (χ4n) is 7.61. The Bertz CT molecular complexity index is 2530. The fraction of sp³-hybridized carbons (Fsp3) is 0.405. The molecule has 0 spiro atoms. The van der Waals surface area contributed by atoms with Gasteiger partial charge in [-0.15, -0.1) is 0 Å². The van der Waals surface area contributed by atoms with E-state index >= 15 is 4.39 Å². The van der Waals surface area contributed by atoms with Crippen LogP contribution in [0.1, 0.15) is 67.1 Å². The Morgan fingerprint density at radius 1 is 1.00 bits per heavy atom. The molecule has 56 heavy (non-hydrogen) atoms. The van der Waals surface area contributed by atoms with E-state index < -0.39 is 33.7 Å². The van der Waals surface area contributed by atoms with E-state index in [9.17, 15) is 22.8 Å². The number of pyridine rings is 1. The lowest BCUT2D eigenvalue weighted by Gasteiger charge is -2.35. The molecule has 1 saturated carbocycles. The van der Waals surface area contributed by atoms with Crippen molar-refractivity contribution < 1.29 is 27.2 Å². The maximum atomic E-state index is 15.4. The number of nitrogens with zero attached hydrogens (tertiary/aromatic N) is 10. The molecular formula is C37H39FN12O5S. The number of amides is 3. The van der Waals surface area contributed by atoms with Crippen molar-refractivity contribution in [1.29, 1.82) is 0 Å². The van der Waals surface area contributed by atoms with Crippen molar-refractivity contribution in [1.82, 2.24) is 49.0 Å². The minimum Gasteiger partial charge on any atom is -0.352 e. The van der Waals surface area contributed by atoms with Crippen molar-refractivity contribution in [2.24, 2.45) is 0 Å². The molecule has 19 heteroatoms. The average molecular weight is 783 g/mol. The molecule has 1 unspecified atom stereocenters. The molecule has 3 fully saturated rings. The molecule has 290 valence electrons. The number of carbonyl (C=O) groups is 3. The van der Waals surface area contributed by atoms with Crippen LogP contribution in [0.3, 0.4) is 0 Å². The number of piperazine rings is 1. The normalized spacial score (nSPS) is 19.3. The van der Waals surface area contributed by atoms with Gasteiger partial charge >= 0.3 is 0 Å². The van der Waals surface area contributed by atoms with Crippen LogP contribution in [0.5, 0.6) is 0 Å². The highest BCUT2D eigenvalue weighted by atomic mass is 32.2. The number of benzene rings is 1. The zero-order valence-electron chi connectivity index (χ0n) is 30.7. The second-order valence-electron chi connectivity index (χ2n) is 14.9. The highest BCUT2D eigenvalue weighted by Gasteiger charge is 2.40. The van der Waals surface area contributed by atoms with E-state index in [-0.39, 0.29) is 42.1 Å². The molecule has 17 nitrogen and oxygen atoms in total. The topological polar surface area (TPSA) is 193 Å². The van der Waals surface area contributed by atoms with Crippen molar-refractivity contribution in [3.05, 3.63) is 71.6 Å². The number of rotatable bonds is 10. The van der Waals surface area contributed by atoms with Crippen LogP contribution >= 0.6 is 0 Å². The summed E-state index contributed by atoms with van der Waals surface area (Å²) < 4.78 is 43.6. The molecule has 1 aliphatic carbocycles. The molecule has 3 amide bonds. The number of anilines is 3. The number of carbonyl (C=O) groups excluding carboxylic acids is 3. The summed E-state index contributed by atoms with van der Waals surface area (Å²) in [5, 5.41) is 15.1. The van der Waals surface area contributed by atoms with Crippen LogP contribution < -0.4 is 15.5 Å². The van der Waals surface area contributed by atoms with Crippen molar-refractivity contribution in [2.45, 2.75) is 70.0 Å². The van der Waals surface area contributed by atoms with Gasteiger partial charge in [0.05, 0.1) is 34.1 Å². The zero-order valence-corrected chi connectivity index (χ0v) is 31.5. The van der Waals surface area contributed by atoms with Crippen LogP contribution in [0.2, 0.25) is 0 Å². The molecule has 1 atom stereocenters. The first kappa shape index (κ1) is 35.9. The number of fused-ring (bicyclic) bond motifs is 2. The largest absolute Gasteiger partial charge is 0.352 e. The Morgan fingerprint density at radius 2 is 1.80 bits per heavy atom. The summed E-state index contributed by atoms with van der Waals surface area (Å²) in [6, 6.07) is 5.94. The summed E-state index contributed by atoms with van der Waals surface area (Å²) in [7, 11) is -3.51. The first-order valence-corrected chi connectivity index (χ1v) is 20.1. The van der Waals surface area contributed by atoms with Gasteiger partial charge < -0.3 is 15.1 Å². The SMILES string of the molecule is CC(C)n1nc(N2CCN(Cc3cc4c(cc3F)C(=O)N(C3CCC(=O)NC3=O)C4)CC2)c2cnc(Nc3ccnc(-c4cnn(S(=O)(=O)C5CC5)c4)n3)cc21. The van der Waals surface area contributed by atoms with Gasteiger partial charge in [0.1, 0.15) is 23.5 Å². The third-order valence-corrected chi connectivity index (χ3v) is 12.8. The molecule has 1 aromatic carbocycles.